The van der Waals surface area contributed by atoms with Crippen LogP contribution in [0.2, 0.25) is 0 Å². The van der Waals surface area contributed by atoms with Crippen molar-refractivity contribution in [3.63, 3.8) is 0 Å². The molecule has 0 radical (unpaired) electrons. The van der Waals surface area contributed by atoms with Gasteiger partial charge < -0.3 is 16.0 Å². The van der Waals surface area contributed by atoms with Crippen LogP contribution in [0.1, 0.15) is 38.2 Å². The monoisotopic (exact) mass is 317 g/mol. The van der Waals surface area contributed by atoms with Crippen LogP contribution in [0.3, 0.4) is 0 Å². The van der Waals surface area contributed by atoms with Gasteiger partial charge in [-0.15, -0.1) is 0 Å². The van der Waals surface area contributed by atoms with Gasteiger partial charge in [0.25, 0.3) is 0 Å². The second-order valence-corrected chi connectivity index (χ2v) is 5.79. The van der Waals surface area contributed by atoms with E-state index in [9.17, 15) is 14.4 Å². The number of carbonyl (C=O) groups is 3. The average Bonchev–Trinajstić information content (AvgIpc) is 2.73. The van der Waals surface area contributed by atoms with E-state index in [4.69, 9.17) is 0 Å². The quantitative estimate of drug-likeness (QED) is 0.766. The van der Waals surface area contributed by atoms with Gasteiger partial charge in [0, 0.05) is 25.6 Å². The molecular weight excluding hydrogens is 294 g/mol. The second kappa shape index (κ2) is 8.31. The van der Waals surface area contributed by atoms with Crippen molar-refractivity contribution >= 4 is 23.4 Å². The van der Waals surface area contributed by atoms with Crippen LogP contribution < -0.4 is 16.0 Å². The molecular formula is C17H23N3O3. The maximum absolute atomic E-state index is 12.1. The fraction of sp³-hybridized carbons (Fsp3) is 0.471. The number of hydrogen-bond donors (Lipinski definition) is 3. The molecule has 1 aromatic rings. The maximum atomic E-state index is 12.1. The summed E-state index contributed by atoms with van der Waals surface area (Å²) in [5.41, 5.74) is 1.83. The van der Waals surface area contributed by atoms with Crippen molar-refractivity contribution in [2.24, 2.45) is 0 Å². The Bertz CT molecular complexity index is 569. The van der Waals surface area contributed by atoms with Gasteiger partial charge in [0.05, 0.1) is 0 Å². The van der Waals surface area contributed by atoms with Crippen molar-refractivity contribution < 1.29 is 14.4 Å². The lowest BCUT2D eigenvalue weighted by molar-refractivity contribution is -0.128. The van der Waals surface area contributed by atoms with E-state index >= 15 is 0 Å². The molecule has 0 aromatic heterocycles. The molecule has 124 valence electrons. The lowest BCUT2D eigenvalue weighted by Gasteiger charge is -2.15. The molecule has 6 nitrogen and oxygen atoms in total. The molecule has 0 unspecified atom stereocenters. The van der Waals surface area contributed by atoms with Gasteiger partial charge in [0.2, 0.25) is 17.7 Å². The third-order valence-electron chi connectivity index (χ3n) is 3.79. The van der Waals surface area contributed by atoms with Gasteiger partial charge in [0.1, 0.15) is 6.04 Å². The molecule has 1 heterocycles. The summed E-state index contributed by atoms with van der Waals surface area (Å²) in [5, 5.41) is 8.34. The van der Waals surface area contributed by atoms with Crippen LogP contribution >= 0.6 is 0 Å². The predicted molar refractivity (Wildman–Crippen MR) is 87.9 cm³/mol. The molecule has 1 saturated heterocycles. The summed E-state index contributed by atoms with van der Waals surface area (Å²) in [6.45, 7) is 1.99. The molecule has 1 atom stereocenters. The minimum atomic E-state index is -0.410. The van der Waals surface area contributed by atoms with Crippen LogP contribution in [0.4, 0.5) is 5.69 Å². The molecule has 1 fully saturated rings. The molecule has 3 amide bonds. The fourth-order valence-electron chi connectivity index (χ4n) is 2.58. The Labute approximate surface area is 136 Å². The maximum Gasteiger partial charge on any atom is 0.242 e. The van der Waals surface area contributed by atoms with Gasteiger partial charge in [-0.2, -0.15) is 0 Å². The first-order valence-electron chi connectivity index (χ1n) is 7.98. The lowest BCUT2D eigenvalue weighted by atomic mass is 10.1. The van der Waals surface area contributed by atoms with Crippen LogP contribution in [0.25, 0.3) is 0 Å². The standard InChI is InChI=1S/C17H23N3O3/c1-12(21)19-14-8-6-13(7-9-14)10-11-18-17(23)15-4-2-3-5-16(22)20-15/h6-9,15H,2-5,10-11H2,1H3,(H,18,23)(H,19,21)(H,20,22)/t15-/m0/s1. The number of nitrogens with one attached hydrogen (secondary N) is 3. The van der Waals surface area contributed by atoms with Gasteiger partial charge in [0.15, 0.2) is 0 Å². The Kier molecular flexibility index (Phi) is 6.14. The van der Waals surface area contributed by atoms with E-state index in [1.807, 2.05) is 24.3 Å². The number of hydrogen-bond acceptors (Lipinski definition) is 3. The van der Waals surface area contributed by atoms with Crippen LogP contribution in [0.15, 0.2) is 24.3 Å². The van der Waals surface area contributed by atoms with Gasteiger partial charge in [-0.3, -0.25) is 14.4 Å². The summed E-state index contributed by atoms with van der Waals surface area (Å²) in [4.78, 5) is 34.5. The Morgan fingerprint density at radius 2 is 1.96 bits per heavy atom. The smallest absolute Gasteiger partial charge is 0.242 e. The number of anilines is 1. The summed E-state index contributed by atoms with van der Waals surface area (Å²) in [6, 6.07) is 7.11. The van der Waals surface area contributed by atoms with Gasteiger partial charge in [-0.05, 0) is 37.0 Å². The lowest BCUT2D eigenvalue weighted by Crippen LogP contribution is -2.46. The van der Waals surface area contributed by atoms with Crippen LogP contribution in [-0.4, -0.2) is 30.3 Å². The topological polar surface area (TPSA) is 87.3 Å². The highest BCUT2D eigenvalue weighted by Crippen LogP contribution is 2.11. The molecule has 3 N–H and O–H groups in total. The van der Waals surface area contributed by atoms with Crippen molar-refractivity contribution in [3.8, 4) is 0 Å². The van der Waals surface area contributed by atoms with E-state index in [1.165, 1.54) is 6.92 Å². The average molecular weight is 317 g/mol. The van der Waals surface area contributed by atoms with E-state index in [-0.39, 0.29) is 17.7 Å². The fourth-order valence-corrected chi connectivity index (χ4v) is 2.58. The van der Waals surface area contributed by atoms with Crippen molar-refractivity contribution in [2.75, 3.05) is 11.9 Å². The summed E-state index contributed by atoms with van der Waals surface area (Å²) in [6.07, 6.45) is 3.64. The van der Waals surface area contributed by atoms with E-state index in [2.05, 4.69) is 16.0 Å². The molecule has 2 rings (SSSR count). The van der Waals surface area contributed by atoms with Crippen molar-refractivity contribution in [3.05, 3.63) is 29.8 Å². The van der Waals surface area contributed by atoms with E-state index in [0.29, 0.717) is 25.8 Å². The normalized spacial score (nSPS) is 17.8. The minimum Gasteiger partial charge on any atom is -0.354 e. The third kappa shape index (κ3) is 5.73. The molecule has 0 bridgehead atoms. The van der Waals surface area contributed by atoms with E-state index in [0.717, 1.165) is 24.1 Å². The number of carbonyl (C=O) groups excluding carboxylic acids is 3. The number of amides is 3. The minimum absolute atomic E-state index is 0.0452. The Morgan fingerprint density at radius 3 is 2.65 bits per heavy atom. The summed E-state index contributed by atoms with van der Waals surface area (Å²) < 4.78 is 0. The SMILES string of the molecule is CC(=O)Nc1ccc(CCNC(=O)[C@@H]2CCCCC(=O)N2)cc1. The third-order valence-corrected chi connectivity index (χ3v) is 3.79. The number of rotatable bonds is 5. The zero-order valence-corrected chi connectivity index (χ0v) is 13.4. The summed E-state index contributed by atoms with van der Waals surface area (Å²) in [5.74, 6) is -0.262. The van der Waals surface area contributed by atoms with E-state index in [1.54, 1.807) is 0 Å². The second-order valence-electron chi connectivity index (χ2n) is 5.79. The number of benzene rings is 1. The molecule has 1 aliphatic heterocycles. The Hall–Kier alpha value is -2.37. The molecule has 0 saturated carbocycles. The molecule has 23 heavy (non-hydrogen) atoms. The highest BCUT2D eigenvalue weighted by Gasteiger charge is 2.22. The first kappa shape index (κ1) is 17.0. The Morgan fingerprint density at radius 1 is 1.22 bits per heavy atom. The molecule has 0 spiro atoms. The summed E-state index contributed by atoms with van der Waals surface area (Å²) >= 11 is 0. The van der Waals surface area contributed by atoms with Crippen LogP contribution in [-0.2, 0) is 20.8 Å². The zero-order valence-electron chi connectivity index (χ0n) is 13.4. The van der Waals surface area contributed by atoms with Crippen molar-refractivity contribution in [1.29, 1.82) is 0 Å². The highest BCUT2D eigenvalue weighted by molar-refractivity contribution is 5.88. The molecule has 1 aliphatic rings. The Balaban J connectivity index is 1.76. The van der Waals surface area contributed by atoms with Crippen LogP contribution in [0.5, 0.6) is 0 Å². The first-order valence-corrected chi connectivity index (χ1v) is 7.98. The highest BCUT2D eigenvalue weighted by atomic mass is 16.2. The van der Waals surface area contributed by atoms with E-state index < -0.39 is 6.04 Å². The molecule has 0 aliphatic carbocycles. The van der Waals surface area contributed by atoms with Crippen LogP contribution in [0, 0.1) is 0 Å². The largest absolute Gasteiger partial charge is 0.354 e. The zero-order chi connectivity index (χ0) is 16.7. The molecule has 1 aromatic carbocycles. The van der Waals surface area contributed by atoms with Crippen molar-refractivity contribution in [2.45, 2.75) is 45.1 Å². The van der Waals surface area contributed by atoms with Gasteiger partial charge in [-0.25, -0.2) is 0 Å². The van der Waals surface area contributed by atoms with Gasteiger partial charge in [-0.1, -0.05) is 18.6 Å². The molecule has 6 heteroatoms. The van der Waals surface area contributed by atoms with Gasteiger partial charge >= 0.3 is 0 Å². The summed E-state index contributed by atoms with van der Waals surface area (Å²) in [7, 11) is 0. The van der Waals surface area contributed by atoms with Crippen molar-refractivity contribution in [1.82, 2.24) is 10.6 Å². The predicted octanol–water partition coefficient (Wildman–Crippen LogP) is 1.36. The first-order chi connectivity index (χ1) is 11.0.